The van der Waals surface area contributed by atoms with Crippen LogP contribution in [0.1, 0.15) is 11.3 Å². The van der Waals surface area contributed by atoms with Crippen LogP contribution in [0.25, 0.3) is 5.69 Å². The fraction of sp³-hybridized carbons (Fsp3) is 0.167. The van der Waals surface area contributed by atoms with Crippen molar-refractivity contribution >= 4 is 0 Å². The largest absolute Gasteiger partial charge is 0.325 e. The second-order valence-electron chi connectivity index (χ2n) is 3.56. The smallest absolute Gasteiger partial charge is 0.204 e. The average Bonchev–Trinajstić information content (AvgIpc) is 2.31. The first kappa shape index (κ1) is 10.6. The van der Waals surface area contributed by atoms with Gasteiger partial charge in [-0.15, -0.1) is 0 Å². The van der Waals surface area contributed by atoms with E-state index in [1.54, 1.807) is 10.9 Å². The average molecular weight is 215 g/mol. The standard InChI is InChI=1S/C12H13N3O/c1-9-4-2-3-5-11(9)15-7-6-12(16)10(8-13)14-15/h2-7H,8,13H2,1H3. The van der Waals surface area contributed by atoms with Crippen molar-refractivity contribution in [3.63, 3.8) is 0 Å². The van der Waals surface area contributed by atoms with Crippen LogP contribution in [0.3, 0.4) is 0 Å². The summed E-state index contributed by atoms with van der Waals surface area (Å²) in [4.78, 5) is 11.4. The third-order valence-electron chi connectivity index (χ3n) is 2.44. The molecule has 2 N–H and O–H groups in total. The van der Waals surface area contributed by atoms with E-state index in [9.17, 15) is 4.79 Å². The summed E-state index contributed by atoms with van der Waals surface area (Å²) in [6.45, 7) is 2.16. The van der Waals surface area contributed by atoms with Crippen molar-refractivity contribution in [2.45, 2.75) is 13.5 Å². The van der Waals surface area contributed by atoms with Gasteiger partial charge in [0.1, 0.15) is 5.69 Å². The summed E-state index contributed by atoms with van der Waals surface area (Å²) in [5.41, 5.74) is 7.78. The second kappa shape index (κ2) is 4.28. The predicted molar refractivity (Wildman–Crippen MR) is 62.5 cm³/mol. The maximum atomic E-state index is 11.4. The number of benzene rings is 1. The highest BCUT2D eigenvalue weighted by Crippen LogP contribution is 2.10. The number of hydrogen-bond acceptors (Lipinski definition) is 3. The number of para-hydroxylation sites is 1. The number of nitrogens with zero attached hydrogens (tertiary/aromatic N) is 2. The van der Waals surface area contributed by atoms with Crippen molar-refractivity contribution in [3.05, 3.63) is 58.0 Å². The van der Waals surface area contributed by atoms with Crippen molar-refractivity contribution in [3.8, 4) is 5.69 Å². The minimum Gasteiger partial charge on any atom is -0.325 e. The molecular formula is C12H13N3O. The fourth-order valence-corrected chi connectivity index (χ4v) is 1.54. The number of rotatable bonds is 2. The maximum Gasteiger partial charge on any atom is 0.204 e. The number of nitrogens with two attached hydrogens (primary N) is 1. The SMILES string of the molecule is Cc1ccccc1-n1ccc(=O)c(CN)n1. The minimum absolute atomic E-state index is 0.118. The molecule has 4 heteroatoms. The van der Waals surface area contributed by atoms with Crippen LogP contribution in [0.15, 0.2) is 41.3 Å². The van der Waals surface area contributed by atoms with Gasteiger partial charge in [0.2, 0.25) is 5.43 Å². The molecule has 16 heavy (non-hydrogen) atoms. The normalized spacial score (nSPS) is 10.4. The lowest BCUT2D eigenvalue weighted by Gasteiger charge is -2.08. The quantitative estimate of drug-likeness (QED) is 0.813. The summed E-state index contributed by atoms with van der Waals surface area (Å²) in [6.07, 6.45) is 1.66. The van der Waals surface area contributed by atoms with Crippen molar-refractivity contribution in [2.24, 2.45) is 5.73 Å². The van der Waals surface area contributed by atoms with Gasteiger partial charge in [-0.05, 0) is 18.6 Å². The van der Waals surface area contributed by atoms with E-state index in [4.69, 9.17) is 5.73 Å². The molecule has 0 aliphatic rings. The first-order valence-electron chi connectivity index (χ1n) is 5.07. The van der Waals surface area contributed by atoms with Crippen LogP contribution in [0.2, 0.25) is 0 Å². The first-order valence-corrected chi connectivity index (χ1v) is 5.07. The van der Waals surface area contributed by atoms with E-state index in [-0.39, 0.29) is 12.0 Å². The van der Waals surface area contributed by atoms with E-state index >= 15 is 0 Å². The molecule has 2 rings (SSSR count). The zero-order chi connectivity index (χ0) is 11.5. The van der Waals surface area contributed by atoms with Crippen LogP contribution in [0.4, 0.5) is 0 Å². The number of aryl methyl sites for hydroxylation is 1. The van der Waals surface area contributed by atoms with Crippen molar-refractivity contribution < 1.29 is 0 Å². The summed E-state index contributed by atoms with van der Waals surface area (Å²) in [5.74, 6) is 0. The molecule has 0 aliphatic heterocycles. The second-order valence-corrected chi connectivity index (χ2v) is 3.56. The van der Waals surface area contributed by atoms with Gasteiger partial charge in [0, 0.05) is 18.8 Å². The molecule has 0 saturated heterocycles. The van der Waals surface area contributed by atoms with E-state index in [0.717, 1.165) is 11.3 Å². The molecule has 82 valence electrons. The van der Waals surface area contributed by atoms with Crippen LogP contribution in [-0.4, -0.2) is 9.78 Å². The zero-order valence-electron chi connectivity index (χ0n) is 9.05. The third-order valence-corrected chi connectivity index (χ3v) is 2.44. The maximum absolute atomic E-state index is 11.4. The van der Waals surface area contributed by atoms with Gasteiger partial charge in [0.25, 0.3) is 0 Å². The molecule has 0 radical (unpaired) electrons. The van der Waals surface area contributed by atoms with Crippen molar-refractivity contribution in [1.82, 2.24) is 9.78 Å². The Balaban J connectivity index is 2.57. The molecule has 0 amide bonds. The van der Waals surface area contributed by atoms with Crippen LogP contribution in [0.5, 0.6) is 0 Å². The summed E-state index contributed by atoms with van der Waals surface area (Å²) in [5, 5.41) is 4.20. The molecule has 0 spiro atoms. The highest BCUT2D eigenvalue weighted by Gasteiger charge is 2.03. The van der Waals surface area contributed by atoms with Crippen molar-refractivity contribution in [1.29, 1.82) is 0 Å². The van der Waals surface area contributed by atoms with E-state index in [0.29, 0.717) is 5.69 Å². The molecule has 0 saturated carbocycles. The lowest BCUT2D eigenvalue weighted by atomic mass is 10.2. The predicted octanol–water partition coefficient (Wildman–Crippen LogP) is 1.000. The topological polar surface area (TPSA) is 60.9 Å². The summed E-state index contributed by atoms with van der Waals surface area (Å²) in [6, 6.07) is 9.33. The summed E-state index contributed by atoms with van der Waals surface area (Å²) < 4.78 is 1.68. The van der Waals surface area contributed by atoms with Gasteiger partial charge in [-0.2, -0.15) is 5.10 Å². The van der Waals surface area contributed by atoms with Crippen LogP contribution >= 0.6 is 0 Å². The molecule has 0 unspecified atom stereocenters. The van der Waals surface area contributed by atoms with E-state index in [1.165, 1.54) is 6.07 Å². The van der Waals surface area contributed by atoms with Gasteiger partial charge in [-0.3, -0.25) is 4.79 Å². The molecule has 0 atom stereocenters. The zero-order valence-corrected chi connectivity index (χ0v) is 9.05. The summed E-state index contributed by atoms with van der Waals surface area (Å²) >= 11 is 0. The highest BCUT2D eigenvalue weighted by atomic mass is 16.1. The third kappa shape index (κ3) is 1.87. The molecule has 0 bridgehead atoms. The molecule has 2 aromatic rings. The van der Waals surface area contributed by atoms with E-state index < -0.39 is 0 Å². The fourth-order valence-electron chi connectivity index (χ4n) is 1.54. The first-order chi connectivity index (χ1) is 7.72. The van der Waals surface area contributed by atoms with Crippen molar-refractivity contribution in [2.75, 3.05) is 0 Å². The summed E-state index contributed by atoms with van der Waals surface area (Å²) in [7, 11) is 0. The highest BCUT2D eigenvalue weighted by molar-refractivity contribution is 5.38. The molecular weight excluding hydrogens is 202 g/mol. The number of aromatic nitrogens is 2. The van der Waals surface area contributed by atoms with Gasteiger partial charge in [-0.1, -0.05) is 18.2 Å². The molecule has 0 aliphatic carbocycles. The Kier molecular flexibility index (Phi) is 2.83. The molecule has 4 nitrogen and oxygen atoms in total. The Hall–Kier alpha value is -1.94. The molecule has 1 aromatic heterocycles. The lowest BCUT2D eigenvalue weighted by Crippen LogP contribution is -2.19. The van der Waals surface area contributed by atoms with Gasteiger partial charge >= 0.3 is 0 Å². The molecule has 1 aromatic carbocycles. The lowest BCUT2D eigenvalue weighted by molar-refractivity contribution is 0.773. The molecule has 0 fully saturated rings. The Bertz CT molecular complexity index is 560. The van der Waals surface area contributed by atoms with Gasteiger partial charge in [0.15, 0.2) is 0 Å². The Morgan fingerprint density at radius 3 is 2.75 bits per heavy atom. The number of hydrogen-bond donors (Lipinski definition) is 1. The Morgan fingerprint density at radius 2 is 2.06 bits per heavy atom. The minimum atomic E-state index is -0.118. The monoisotopic (exact) mass is 215 g/mol. The Labute approximate surface area is 93.3 Å². The van der Waals surface area contributed by atoms with E-state index in [1.807, 2.05) is 31.2 Å². The van der Waals surface area contributed by atoms with Gasteiger partial charge in [-0.25, -0.2) is 4.68 Å². The van der Waals surface area contributed by atoms with Crippen LogP contribution in [-0.2, 0) is 6.54 Å². The van der Waals surface area contributed by atoms with Crippen LogP contribution in [0, 0.1) is 6.92 Å². The molecule has 1 heterocycles. The van der Waals surface area contributed by atoms with Gasteiger partial charge in [0.05, 0.1) is 5.69 Å². The van der Waals surface area contributed by atoms with E-state index in [2.05, 4.69) is 5.10 Å². The van der Waals surface area contributed by atoms with Crippen LogP contribution < -0.4 is 11.2 Å². The van der Waals surface area contributed by atoms with Gasteiger partial charge < -0.3 is 5.73 Å². The Morgan fingerprint density at radius 1 is 1.31 bits per heavy atom.